The van der Waals surface area contributed by atoms with Gasteiger partial charge >= 0.3 is 6.18 Å². The van der Waals surface area contributed by atoms with Crippen molar-refractivity contribution < 1.29 is 51.4 Å². The summed E-state index contributed by atoms with van der Waals surface area (Å²) in [5.74, 6) is 3.48. The number of nitro groups is 1. The second kappa shape index (κ2) is 34.8. The first-order chi connectivity index (χ1) is 50.4. The number of nitrogens with zero attached hydrogens (tertiary/aromatic N) is 9. The van der Waals surface area contributed by atoms with Crippen molar-refractivity contribution in [3.63, 3.8) is 0 Å². The van der Waals surface area contributed by atoms with Gasteiger partial charge in [0.15, 0.2) is 17.3 Å². The maximum absolute atomic E-state index is 13.4. The molecular formula is C83H100F3N9O9. The Hall–Kier alpha value is -8.86. The van der Waals surface area contributed by atoms with Gasteiger partial charge in [-0.2, -0.15) is 13.2 Å². The number of aryl methyl sites for hydroxylation is 4. The average Bonchev–Trinajstić information content (AvgIpc) is 1.73. The Morgan fingerprint density at radius 3 is 1.49 bits per heavy atom. The van der Waals surface area contributed by atoms with Crippen LogP contribution in [0.15, 0.2) is 152 Å². The van der Waals surface area contributed by atoms with Crippen LogP contribution in [0.1, 0.15) is 126 Å². The van der Waals surface area contributed by atoms with Gasteiger partial charge in [0.1, 0.15) is 22.9 Å². The summed E-state index contributed by atoms with van der Waals surface area (Å²) in [6.07, 6.45) is 15.5. The first-order valence-electron chi connectivity index (χ1n) is 37.2. The van der Waals surface area contributed by atoms with Crippen LogP contribution in [0.3, 0.4) is 0 Å². The Morgan fingerprint density at radius 1 is 0.548 bits per heavy atom. The minimum absolute atomic E-state index is 0.0134. The van der Waals surface area contributed by atoms with Crippen LogP contribution in [0, 0.1) is 16.0 Å². The van der Waals surface area contributed by atoms with Crippen molar-refractivity contribution in [3.8, 4) is 17.2 Å². The van der Waals surface area contributed by atoms with E-state index in [0.29, 0.717) is 62.6 Å². The van der Waals surface area contributed by atoms with Crippen LogP contribution in [0.4, 0.5) is 24.5 Å². The lowest BCUT2D eigenvalue weighted by molar-refractivity contribution is -0.384. The van der Waals surface area contributed by atoms with Gasteiger partial charge in [-0.3, -0.25) is 39.2 Å². The Labute approximate surface area is 608 Å². The maximum Gasteiger partial charge on any atom is 0.416 e. The van der Waals surface area contributed by atoms with Gasteiger partial charge in [0.2, 0.25) is 0 Å². The van der Waals surface area contributed by atoms with Crippen molar-refractivity contribution in [3.05, 3.63) is 196 Å². The summed E-state index contributed by atoms with van der Waals surface area (Å²) in [7, 11) is 5.01. The van der Waals surface area contributed by atoms with Crippen molar-refractivity contribution in [2.45, 2.75) is 135 Å². The second-order valence-electron chi connectivity index (χ2n) is 28.6. The molecule has 5 fully saturated rings. The number of hydrogen-bond acceptors (Lipinski definition) is 14. The lowest BCUT2D eigenvalue weighted by Crippen LogP contribution is -2.48. The van der Waals surface area contributed by atoms with E-state index in [-0.39, 0.29) is 23.0 Å². The number of halogens is 3. The monoisotopic (exact) mass is 1420 g/mol. The molecule has 0 spiro atoms. The number of ketones is 3. The molecule has 0 radical (unpaired) electrons. The lowest BCUT2D eigenvalue weighted by Gasteiger charge is -2.39. The molecular weight excluding hydrogens is 1320 g/mol. The third-order valence-electron chi connectivity index (χ3n) is 21.9. The number of piperazine rings is 2. The number of nitro benzene ring substituents is 1. The molecule has 552 valence electrons. The number of hydrogen-bond donors (Lipinski definition) is 0. The van der Waals surface area contributed by atoms with Crippen molar-refractivity contribution in [1.82, 2.24) is 33.3 Å². The number of carbonyl (C=O) groups excluding carboxylic acids is 3. The Balaban J connectivity index is 0.000000148. The van der Waals surface area contributed by atoms with Crippen molar-refractivity contribution in [1.29, 1.82) is 0 Å². The summed E-state index contributed by atoms with van der Waals surface area (Å²) in [5, 5.41) is 14.3. The van der Waals surface area contributed by atoms with Crippen molar-refractivity contribution in [2.24, 2.45) is 5.92 Å². The van der Waals surface area contributed by atoms with Crippen LogP contribution in [-0.2, 0) is 43.4 Å². The van der Waals surface area contributed by atoms with Crippen LogP contribution >= 0.6 is 0 Å². The van der Waals surface area contributed by atoms with Crippen LogP contribution in [0.25, 0.3) is 32.7 Å². The highest BCUT2D eigenvalue weighted by Gasteiger charge is 2.40. The van der Waals surface area contributed by atoms with E-state index >= 15 is 0 Å². The van der Waals surface area contributed by atoms with Gasteiger partial charge in [-0.15, -0.1) is 0 Å². The molecule has 3 unspecified atom stereocenters. The normalized spacial score (nSPS) is 18.9. The third kappa shape index (κ3) is 18.1. The zero-order valence-electron chi connectivity index (χ0n) is 60.9. The highest BCUT2D eigenvalue weighted by atomic mass is 19.4. The fourth-order valence-electron chi connectivity index (χ4n) is 16.6. The molecule has 5 aliphatic heterocycles. The molecule has 0 saturated carbocycles. The fourth-order valence-corrected chi connectivity index (χ4v) is 16.6. The number of anilines is 1. The third-order valence-corrected chi connectivity index (χ3v) is 21.9. The van der Waals surface area contributed by atoms with E-state index in [1.165, 1.54) is 63.0 Å². The Kier molecular flexibility index (Phi) is 25.1. The minimum Gasteiger partial charge on any atom is -0.495 e. The van der Waals surface area contributed by atoms with Crippen LogP contribution in [0.2, 0.25) is 0 Å². The van der Waals surface area contributed by atoms with Gasteiger partial charge in [0.05, 0.1) is 54.5 Å². The van der Waals surface area contributed by atoms with E-state index < -0.39 is 22.4 Å². The first-order valence-corrected chi connectivity index (χ1v) is 37.2. The van der Waals surface area contributed by atoms with Crippen LogP contribution in [-0.4, -0.2) is 180 Å². The maximum atomic E-state index is 13.4. The summed E-state index contributed by atoms with van der Waals surface area (Å²) in [6, 6.07) is 42.8. The number of para-hydroxylation sites is 3. The molecule has 5 saturated heterocycles. The summed E-state index contributed by atoms with van der Waals surface area (Å²) in [5.41, 5.74) is 6.34. The van der Waals surface area contributed by atoms with Crippen LogP contribution in [0.5, 0.6) is 17.2 Å². The van der Waals surface area contributed by atoms with E-state index in [9.17, 15) is 37.7 Å². The number of piperidine rings is 1. The van der Waals surface area contributed by atoms with Gasteiger partial charge in [-0.05, 0) is 145 Å². The molecule has 3 atom stereocenters. The van der Waals surface area contributed by atoms with Gasteiger partial charge in [-0.1, -0.05) is 97.1 Å². The predicted octanol–water partition coefficient (Wildman–Crippen LogP) is 15.4. The number of methoxy groups -OCH3 is 3. The lowest BCUT2D eigenvalue weighted by atomic mass is 9.86. The number of fused-ring (bicyclic) bond motifs is 5. The largest absolute Gasteiger partial charge is 0.495 e. The molecule has 6 aromatic carbocycles. The number of Topliss-reactive ketones (excluding diaryl/α,β-unsaturated/α-hetero) is 3. The zero-order valence-corrected chi connectivity index (χ0v) is 60.9. The zero-order chi connectivity index (χ0) is 72.9. The molecule has 21 heteroatoms. The van der Waals surface area contributed by atoms with Crippen molar-refractivity contribution >= 4 is 61.4 Å². The van der Waals surface area contributed by atoms with E-state index in [1.807, 2.05) is 95.8 Å². The minimum atomic E-state index is -4.64. The standard InChI is InChI=1S/C35H40N2O2.C25H27F3N4O4.C23H33N3O3/c1-39-34-15-8-14-31-32(33(38)24-27-12-6-3-7-13-27)25-36(35(31)34)20-9-21-37-29-18-19-30(37)23-28(22-29)17-16-26-10-4-2-5-11-26;1-17(33)20-16-31(24-19(20)5-3-6-23(24)36-2)10-4-9-29-11-13-30(14-12-29)21-8-7-18(25(26,27)28)15-22(21)32(34)35;1-18(27)21-17-26(23-20(21)7-3-8-22(23)28-2)10-5-9-24-11-13-25(14-12-24)16-19-6-4-15-29-19/h2-8,10-15,25,28-30H,9,16-24H2,1H3;3,5-8,15-16H,4,9-14H2,1-2H3;3,7-8,17,19H,4-6,9-16H2,1-2H3. The summed E-state index contributed by atoms with van der Waals surface area (Å²) >= 11 is 0. The molecule has 0 N–H and O–H groups in total. The molecule has 5 aliphatic rings. The second-order valence-corrected chi connectivity index (χ2v) is 28.6. The Morgan fingerprint density at radius 2 is 1.02 bits per heavy atom. The predicted molar refractivity (Wildman–Crippen MR) is 403 cm³/mol. The molecule has 14 rings (SSSR count). The van der Waals surface area contributed by atoms with E-state index in [4.69, 9.17) is 18.9 Å². The number of rotatable bonds is 27. The summed E-state index contributed by atoms with van der Waals surface area (Å²) in [6.45, 7) is 17.4. The van der Waals surface area contributed by atoms with Crippen molar-refractivity contribution in [2.75, 3.05) is 111 Å². The molecule has 8 heterocycles. The number of aromatic nitrogens is 3. The number of ether oxygens (including phenoxy) is 4. The molecule has 9 aromatic rings. The molecule has 0 amide bonds. The van der Waals surface area contributed by atoms with Gasteiger partial charge in [0.25, 0.3) is 5.69 Å². The number of alkyl halides is 3. The van der Waals surface area contributed by atoms with Gasteiger partial charge in [0, 0.05) is 168 Å². The topological polar surface area (TPSA) is 162 Å². The first kappa shape index (κ1) is 74.8. The molecule has 104 heavy (non-hydrogen) atoms. The highest BCUT2D eigenvalue weighted by molar-refractivity contribution is 6.11. The smallest absolute Gasteiger partial charge is 0.416 e. The average molecular weight is 1420 g/mol. The fraction of sp³-hybridized carbons (Fsp3) is 0.458. The molecule has 2 bridgehead atoms. The Bertz CT molecular complexity index is 4370. The quantitative estimate of drug-likeness (QED) is 0.0271. The molecule has 3 aromatic heterocycles. The summed E-state index contributed by atoms with van der Waals surface area (Å²) in [4.78, 5) is 60.1. The summed E-state index contributed by atoms with van der Waals surface area (Å²) < 4.78 is 68.1. The van der Waals surface area contributed by atoms with Crippen LogP contribution < -0.4 is 19.1 Å². The molecule has 0 aliphatic carbocycles. The van der Waals surface area contributed by atoms with E-state index in [2.05, 4.69) is 71.3 Å². The SMILES string of the molecule is COc1cccc2c(C(=O)Cc3ccccc3)cn(CCCN3C4CCC3CC(CCc3ccccc3)C4)c12.COc1cccc2c(C(C)=O)cn(CCCN3CCN(CC4CCCO4)CC3)c12.COc1cccc2c(C(C)=O)cn(CCCN3CCN(c4ccc(C(F)(F)F)cc4[N+](=O)[O-])CC3)c12. The number of benzene rings is 6. The van der Waals surface area contributed by atoms with Gasteiger partial charge < -0.3 is 42.4 Å². The van der Waals surface area contributed by atoms with E-state index in [1.54, 1.807) is 40.1 Å². The molecule has 18 nitrogen and oxygen atoms in total. The van der Waals surface area contributed by atoms with E-state index in [0.717, 1.165) is 176 Å². The highest BCUT2D eigenvalue weighted by Crippen LogP contribution is 2.42. The number of carbonyl (C=O) groups is 3. The van der Waals surface area contributed by atoms with Gasteiger partial charge in [-0.25, -0.2) is 0 Å².